The molecule has 1 aromatic carbocycles. The summed E-state index contributed by atoms with van der Waals surface area (Å²) >= 11 is 0. The number of ether oxygens (including phenoxy) is 1. The summed E-state index contributed by atoms with van der Waals surface area (Å²) in [5.74, 6) is 0.0796. The first kappa shape index (κ1) is 18.3. The second kappa shape index (κ2) is 7.50. The van der Waals surface area contributed by atoms with Crippen molar-refractivity contribution in [2.24, 2.45) is 0 Å². The number of carbonyl (C=O) groups excluding carboxylic acids is 3. The van der Waals surface area contributed by atoms with Crippen LogP contribution in [0, 0.1) is 0 Å². The predicted molar refractivity (Wildman–Crippen MR) is 101 cm³/mol. The van der Waals surface area contributed by atoms with Crippen molar-refractivity contribution in [2.75, 3.05) is 24.5 Å². The minimum Gasteiger partial charge on any atom is -0.478 e. The number of amides is 2. The fraction of sp³-hybridized carbons (Fsp3) is 0.381. The number of hydrogen-bond acceptors (Lipinski definition) is 5. The maximum absolute atomic E-state index is 12.9. The molecule has 4 rings (SSSR count). The Labute approximate surface area is 162 Å². The lowest BCUT2D eigenvalue weighted by atomic mass is 10.0. The summed E-state index contributed by atoms with van der Waals surface area (Å²) in [7, 11) is 0. The van der Waals surface area contributed by atoms with E-state index in [1.807, 2.05) is 6.92 Å². The molecule has 2 aromatic rings. The number of anilines is 1. The third kappa shape index (κ3) is 3.28. The Kier molecular flexibility index (Phi) is 4.90. The first-order valence-corrected chi connectivity index (χ1v) is 9.56. The Hall–Kier alpha value is -3.09. The smallest absolute Gasteiger partial charge is 0.268 e. The van der Waals surface area contributed by atoms with Crippen LogP contribution in [0.25, 0.3) is 0 Å². The highest BCUT2D eigenvalue weighted by molar-refractivity contribution is 6.10. The third-order valence-corrected chi connectivity index (χ3v) is 5.19. The van der Waals surface area contributed by atoms with E-state index in [1.165, 1.54) is 11.2 Å². The van der Waals surface area contributed by atoms with Gasteiger partial charge >= 0.3 is 0 Å². The van der Waals surface area contributed by atoms with Gasteiger partial charge in [-0.3, -0.25) is 19.3 Å². The van der Waals surface area contributed by atoms with Gasteiger partial charge in [-0.2, -0.15) is 0 Å². The van der Waals surface area contributed by atoms with Gasteiger partial charge in [-0.1, -0.05) is 6.92 Å². The Bertz CT molecular complexity index is 900. The number of benzene rings is 1. The average Bonchev–Trinajstić information content (AvgIpc) is 3.43. The molecule has 0 saturated carbocycles. The Morgan fingerprint density at radius 2 is 1.96 bits per heavy atom. The van der Waals surface area contributed by atoms with Gasteiger partial charge in [0, 0.05) is 18.7 Å². The molecule has 2 aliphatic rings. The van der Waals surface area contributed by atoms with E-state index in [-0.39, 0.29) is 29.9 Å². The molecule has 1 fully saturated rings. The van der Waals surface area contributed by atoms with Gasteiger partial charge in [0.15, 0.2) is 11.9 Å². The molecule has 28 heavy (non-hydrogen) atoms. The summed E-state index contributed by atoms with van der Waals surface area (Å²) in [5.41, 5.74) is 0.818. The summed E-state index contributed by atoms with van der Waals surface area (Å²) < 4.78 is 11.0. The maximum atomic E-state index is 12.9. The van der Waals surface area contributed by atoms with E-state index in [1.54, 1.807) is 35.2 Å². The number of rotatable bonds is 5. The first-order chi connectivity index (χ1) is 13.6. The molecule has 7 nitrogen and oxygen atoms in total. The highest BCUT2D eigenvalue weighted by atomic mass is 16.5. The number of carbonyl (C=O) groups is 3. The van der Waals surface area contributed by atoms with Crippen LogP contribution >= 0.6 is 0 Å². The summed E-state index contributed by atoms with van der Waals surface area (Å²) in [4.78, 5) is 41.4. The lowest BCUT2D eigenvalue weighted by Crippen LogP contribution is -2.50. The molecule has 0 spiro atoms. The van der Waals surface area contributed by atoms with Crippen LogP contribution in [-0.2, 0) is 9.59 Å². The van der Waals surface area contributed by atoms with Crippen molar-refractivity contribution in [3.05, 3.63) is 47.9 Å². The average molecular weight is 382 g/mol. The summed E-state index contributed by atoms with van der Waals surface area (Å²) in [5, 5.41) is 0. The van der Waals surface area contributed by atoms with Gasteiger partial charge in [0.25, 0.3) is 5.91 Å². The van der Waals surface area contributed by atoms with Crippen molar-refractivity contribution >= 4 is 23.3 Å². The first-order valence-electron chi connectivity index (χ1n) is 9.56. The quantitative estimate of drug-likeness (QED) is 0.743. The van der Waals surface area contributed by atoms with Crippen molar-refractivity contribution < 1.29 is 23.5 Å². The molecular weight excluding hydrogens is 360 g/mol. The molecule has 3 heterocycles. The highest BCUT2D eigenvalue weighted by Gasteiger charge is 2.36. The molecule has 2 amide bonds. The van der Waals surface area contributed by atoms with Gasteiger partial charge in [0.2, 0.25) is 11.7 Å². The van der Waals surface area contributed by atoms with Gasteiger partial charge in [0.1, 0.15) is 12.3 Å². The highest BCUT2D eigenvalue weighted by Crippen LogP contribution is 2.36. The van der Waals surface area contributed by atoms with Crippen LogP contribution in [-0.4, -0.2) is 48.2 Å². The summed E-state index contributed by atoms with van der Waals surface area (Å²) in [6.45, 7) is 3.25. The van der Waals surface area contributed by atoms with Crippen LogP contribution in [0.4, 0.5) is 5.69 Å². The summed E-state index contributed by atoms with van der Waals surface area (Å²) in [6.07, 6.45) is 3.27. The van der Waals surface area contributed by atoms with Crippen LogP contribution in [0.2, 0.25) is 0 Å². The number of ketones is 1. The fourth-order valence-corrected chi connectivity index (χ4v) is 3.64. The van der Waals surface area contributed by atoms with Crippen molar-refractivity contribution in [1.82, 2.24) is 4.90 Å². The van der Waals surface area contributed by atoms with Crippen molar-refractivity contribution in [3.8, 4) is 5.75 Å². The van der Waals surface area contributed by atoms with E-state index >= 15 is 0 Å². The number of likely N-dealkylation sites (tertiary alicyclic amines) is 1. The monoisotopic (exact) mass is 382 g/mol. The van der Waals surface area contributed by atoms with Crippen LogP contribution in [0.5, 0.6) is 5.75 Å². The standard InChI is InChI=1S/C21H22N2O5/c1-2-16-21(26)23(13-19(24)22-9-3-4-10-22)15-12-14(7-8-17(15)28-16)20(25)18-6-5-11-27-18/h5-8,11-12,16H,2-4,9-10,13H2,1H3/t16-/m0/s1. The van der Waals surface area contributed by atoms with Gasteiger partial charge in [0.05, 0.1) is 12.0 Å². The largest absolute Gasteiger partial charge is 0.478 e. The minimum atomic E-state index is -0.634. The fourth-order valence-electron chi connectivity index (χ4n) is 3.64. The van der Waals surface area contributed by atoms with Crippen molar-refractivity contribution in [2.45, 2.75) is 32.3 Å². The van der Waals surface area contributed by atoms with Gasteiger partial charge in [-0.15, -0.1) is 0 Å². The molecule has 0 bridgehead atoms. The van der Waals surface area contributed by atoms with Gasteiger partial charge in [-0.05, 0) is 49.6 Å². The molecule has 1 saturated heterocycles. The topological polar surface area (TPSA) is 80.1 Å². The Morgan fingerprint density at radius 3 is 2.64 bits per heavy atom. The van der Waals surface area contributed by atoms with Gasteiger partial charge in [-0.25, -0.2) is 0 Å². The molecule has 0 aliphatic carbocycles. The molecular formula is C21H22N2O5. The van der Waals surface area contributed by atoms with Crippen LogP contribution < -0.4 is 9.64 Å². The number of nitrogens with zero attached hydrogens (tertiary/aromatic N) is 2. The van der Waals surface area contributed by atoms with Crippen LogP contribution in [0.3, 0.4) is 0 Å². The molecule has 1 atom stereocenters. The van der Waals surface area contributed by atoms with Crippen molar-refractivity contribution in [1.29, 1.82) is 0 Å². The zero-order chi connectivity index (χ0) is 19.7. The number of fused-ring (bicyclic) bond motifs is 1. The number of furan rings is 1. The molecule has 0 radical (unpaired) electrons. The molecule has 2 aliphatic heterocycles. The normalized spacial score (nSPS) is 18.8. The van der Waals surface area contributed by atoms with Crippen LogP contribution in [0.1, 0.15) is 42.3 Å². The number of hydrogen-bond donors (Lipinski definition) is 0. The second-order valence-electron chi connectivity index (χ2n) is 7.02. The predicted octanol–water partition coefficient (Wildman–Crippen LogP) is 2.64. The van der Waals surface area contributed by atoms with E-state index in [0.29, 0.717) is 23.4 Å². The lowest BCUT2D eigenvalue weighted by Gasteiger charge is -2.34. The van der Waals surface area contributed by atoms with Crippen LogP contribution in [0.15, 0.2) is 41.0 Å². The van der Waals surface area contributed by atoms with E-state index in [9.17, 15) is 14.4 Å². The Balaban J connectivity index is 1.67. The maximum Gasteiger partial charge on any atom is 0.268 e. The zero-order valence-corrected chi connectivity index (χ0v) is 15.7. The second-order valence-corrected chi connectivity index (χ2v) is 7.02. The zero-order valence-electron chi connectivity index (χ0n) is 15.7. The van der Waals surface area contributed by atoms with E-state index in [0.717, 1.165) is 25.9 Å². The molecule has 7 heteroatoms. The third-order valence-electron chi connectivity index (χ3n) is 5.19. The SMILES string of the molecule is CC[C@@H]1Oc2ccc(C(=O)c3ccco3)cc2N(CC(=O)N2CCCC2)C1=O. The molecule has 0 unspecified atom stereocenters. The van der Waals surface area contributed by atoms with E-state index in [4.69, 9.17) is 9.15 Å². The molecule has 1 aromatic heterocycles. The van der Waals surface area contributed by atoms with Gasteiger partial charge < -0.3 is 14.1 Å². The summed E-state index contributed by atoms with van der Waals surface area (Å²) in [6, 6.07) is 8.15. The van der Waals surface area contributed by atoms with E-state index < -0.39 is 6.10 Å². The Morgan fingerprint density at radius 1 is 1.18 bits per heavy atom. The molecule has 146 valence electrons. The van der Waals surface area contributed by atoms with Crippen molar-refractivity contribution in [3.63, 3.8) is 0 Å². The lowest BCUT2D eigenvalue weighted by molar-refractivity contribution is -0.132. The van der Waals surface area contributed by atoms with E-state index in [2.05, 4.69) is 0 Å². The minimum absolute atomic E-state index is 0.0515. The molecule has 0 N–H and O–H groups in total.